The number of ketones is 2. The van der Waals surface area contributed by atoms with Gasteiger partial charge in [0.2, 0.25) is 0 Å². The maximum absolute atomic E-state index is 13.8. The van der Waals surface area contributed by atoms with Crippen molar-refractivity contribution in [2.45, 2.75) is 44.4 Å². The number of carbonyl (C=O) groups excluding carboxylic acids is 2. The number of methoxy groups -OCH3 is 2. The summed E-state index contributed by atoms with van der Waals surface area (Å²) in [4.78, 5) is 29.7. The summed E-state index contributed by atoms with van der Waals surface area (Å²) in [6, 6.07) is 15.6. The van der Waals surface area contributed by atoms with Crippen molar-refractivity contribution in [3.63, 3.8) is 0 Å². The van der Waals surface area contributed by atoms with Gasteiger partial charge in [0, 0.05) is 57.9 Å². The molecular formula is C30H27N5O4. The van der Waals surface area contributed by atoms with Crippen LogP contribution in [0.4, 0.5) is 5.69 Å². The molecule has 0 N–H and O–H groups in total. The number of pyridine rings is 1. The van der Waals surface area contributed by atoms with Crippen LogP contribution in [-0.2, 0) is 9.59 Å². The lowest BCUT2D eigenvalue weighted by Gasteiger charge is -2.44. The number of nitrogens with zero attached hydrogens (tertiary/aromatic N) is 5. The van der Waals surface area contributed by atoms with E-state index in [0.29, 0.717) is 35.4 Å². The monoisotopic (exact) mass is 521 g/mol. The van der Waals surface area contributed by atoms with E-state index in [1.807, 2.05) is 48.5 Å². The van der Waals surface area contributed by atoms with E-state index in [-0.39, 0.29) is 11.6 Å². The fourth-order valence-corrected chi connectivity index (χ4v) is 6.42. The van der Waals surface area contributed by atoms with Gasteiger partial charge in [0.15, 0.2) is 17.2 Å². The number of ether oxygens (including phenoxy) is 2. The number of anilines is 1. The first-order valence-corrected chi connectivity index (χ1v) is 13.2. The molecule has 3 aliphatic rings. The molecule has 2 aromatic heterocycles. The number of hydrogen-bond donors (Lipinski definition) is 0. The number of carbonyl (C=O) groups is 2. The zero-order chi connectivity index (χ0) is 26.7. The van der Waals surface area contributed by atoms with Crippen LogP contribution in [0, 0.1) is 0 Å². The van der Waals surface area contributed by atoms with Crippen LogP contribution in [0.25, 0.3) is 16.6 Å². The van der Waals surface area contributed by atoms with E-state index in [0.717, 1.165) is 65.0 Å². The molecule has 2 aliphatic carbocycles. The van der Waals surface area contributed by atoms with Gasteiger partial charge in [-0.1, -0.05) is 0 Å². The lowest BCUT2D eigenvalue weighted by molar-refractivity contribution is -0.116. The van der Waals surface area contributed by atoms with Gasteiger partial charge in [-0.25, -0.2) is 0 Å². The number of rotatable bonds is 4. The number of fused-ring (bicyclic) bond motifs is 3. The van der Waals surface area contributed by atoms with Gasteiger partial charge in [-0.2, -0.15) is 4.52 Å². The summed E-state index contributed by atoms with van der Waals surface area (Å²) in [5.41, 5.74) is 6.35. The van der Waals surface area contributed by atoms with E-state index in [9.17, 15) is 9.59 Å². The highest BCUT2D eigenvalue weighted by molar-refractivity contribution is 6.08. The van der Waals surface area contributed by atoms with Crippen LogP contribution in [0.3, 0.4) is 0 Å². The fraction of sp³-hybridized carbons (Fsp3) is 0.300. The maximum atomic E-state index is 13.8. The molecule has 0 fully saturated rings. The van der Waals surface area contributed by atoms with Gasteiger partial charge >= 0.3 is 0 Å². The molecule has 0 spiro atoms. The van der Waals surface area contributed by atoms with Crippen LogP contribution in [-0.4, -0.2) is 45.8 Å². The van der Waals surface area contributed by atoms with Gasteiger partial charge in [-0.15, -0.1) is 5.10 Å². The van der Waals surface area contributed by atoms with Crippen molar-refractivity contribution in [2.24, 2.45) is 0 Å². The first-order chi connectivity index (χ1) is 19.1. The number of hydrogen-bond acceptors (Lipinski definition) is 8. The molecule has 7 rings (SSSR count). The van der Waals surface area contributed by atoms with E-state index in [2.05, 4.69) is 20.4 Å². The van der Waals surface area contributed by atoms with Crippen molar-refractivity contribution in [3.8, 4) is 11.5 Å². The second-order valence-corrected chi connectivity index (χ2v) is 10.2. The SMILES string of the molecule is COc1ccc(N2C3=C(C(=O)CCC3)C(c3cc4cc(OC)ccc4n4nnnc34)C3=C2CCCC3=O)cc1. The van der Waals surface area contributed by atoms with E-state index in [4.69, 9.17) is 9.47 Å². The van der Waals surface area contributed by atoms with E-state index in [1.165, 1.54) is 0 Å². The number of benzene rings is 2. The fourth-order valence-electron chi connectivity index (χ4n) is 6.42. The smallest absolute Gasteiger partial charge is 0.184 e. The Labute approximate surface area is 224 Å². The minimum atomic E-state index is -0.533. The highest BCUT2D eigenvalue weighted by atomic mass is 16.5. The molecule has 39 heavy (non-hydrogen) atoms. The molecule has 0 unspecified atom stereocenters. The first kappa shape index (κ1) is 23.6. The Morgan fingerprint density at radius 1 is 0.795 bits per heavy atom. The number of tetrazole rings is 1. The van der Waals surface area contributed by atoms with Crippen molar-refractivity contribution < 1.29 is 19.1 Å². The Morgan fingerprint density at radius 2 is 1.44 bits per heavy atom. The molecule has 0 atom stereocenters. The molecule has 2 aromatic carbocycles. The van der Waals surface area contributed by atoms with Crippen molar-refractivity contribution >= 4 is 33.8 Å². The third-order valence-electron chi connectivity index (χ3n) is 8.12. The van der Waals surface area contributed by atoms with Crippen LogP contribution < -0.4 is 14.4 Å². The Morgan fingerprint density at radius 3 is 2.08 bits per heavy atom. The van der Waals surface area contributed by atoms with Gasteiger partial charge in [0.25, 0.3) is 0 Å². The maximum Gasteiger partial charge on any atom is 0.184 e. The van der Waals surface area contributed by atoms with Gasteiger partial charge in [0.1, 0.15) is 11.5 Å². The Kier molecular flexibility index (Phi) is 5.47. The van der Waals surface area contributed by atoms with Crippen molar-refractivity contribution in [3.05, 3.63) is 76.6 Å². The largest absolute Gasteiger partial charge is 0.497 e. The molecule has 9 heteroatoms. The highest BCUT2D eigenvalue weighted by Gasteiger charge is 2.44. The predicted molar refractivity (Wildman–Crippen MR) is 145 cm³/mol. The highest BCUT2D eigenvalue weighted by Crippen LogP contribution is 2.51. The Hall–Kier alpha value is -4.53. The molecule has 0 bridgehead atoms. The zero-order valence-electron chi connectivity index (χ0n) is 21.8. The second kappa shape index (κ2) is 9.04. The van der Waals surface area contributed by atoms with Crippen molar-refractivity contribution in [1.29, 1.82) is 0 Å². The second-order valence-electron chi connectivity index (χ2n) is 10.2. The van der Waals surface area contributed by atoms with Crippen LogP contribution in [0.1, 0.15) is 50.0 Å². The number of aromatic nitrogens is 4. The lowest BCUT2D eigenvalue weighted by atomic mass is 9.71. The molecule has 3 heterocycles. The topological polar surface area (TPSA) is 98.9 Å². The minimum absolute atomic E-state index is 0.0704. The van der Waals surface area contributed by atoms with Crippen LogP contribution >= 0.6 is 0 Å². The molecule has 0 saturated heterocycles. The van der Waals surface area contributed by atoms with E-state index < -0.39 is 5.92 Å². The Balaban J connectivity index is 1.53. The quantitative estimate of drug-likeness (QED) is 0.374. The molecule has 0 radical (unpaired) electrons. The standard InChI is InChI=1S/C30H27N5O4/c1-38-19-11-9-18(10-12-19)34-23-5-3-7-25(36)28(23)27(29-24(34)6-4-8-26(29)37)21-16-17-15-20(39-2)13-14-22(17)35-30(21)31-32-33-35/h9-16,27H,3-8H2,1-2H3. The number of allylic oxidation sites excluding steroid dienone is 4. The zero-order valence-corrected chi connectivity index (χ0v) is 21.8. The van der Waals surface area contributed by atoms with Crippen molar-refractivity contribution in [1.82, 2.24) is 20.0 Å². The summed E-state index contributed by atoms with van der Waals surface area (Å²) >= 11 is 0. The Bertz CT molecular complexity index is 1690. The van der Waals surface area contributed by atoms with Gasteiger partial charge in [-0.05, 0) is 84.6 Å². The lowest BCUT2D eigenvalue weighted by Crippen LogP contribution is -2.39. The molecule has 9 nitrogen and oxygen atoms in total. The third kappa shape index (κ3) is 3.56. The van der Waals surface area contributed by atoms with E-state index in [1.54, 1.807) is 18.7 Å². The van der Waals surface area contributed by atoms with Crippen molar-refractivity contribution in [2.75, 3.05) is 19.1 Å². The molecule has 1 aliphatic heterocycles. The van der Waals surface area contributed by atoms with Crippen LogP contribution in [0.15, 0.2) is 71.1 Å². The summed E-state index contributed by atoms with van der Waals surface area (Å²) in [6.45, 7) is 0. The summed E-state index contributed by atoms with van der Waals surface area (Å²) in [7, 11) is 3.27. The molecule has 196 valence electrons. The molecular weight excluding hydrogens is 494 g/mol. The summed E-state index contributed by atoms with van der Waals surface area (Å²) in [5.74, 6) is 1.07. The van der Waals surface area contributed by atoms with Gasteiger partial charge in [0.05, 0.1) is 19.7 Å². The molecule has 0 saturated carbocycles. The summed E-state index contributed by atoms with van der Waals surface area (Å²) in [6.07, 6.45) is 3.93. The summed E-state index contributed by atoms with van der Waals surface area (Å²) in [5, 5.41) is 13.5. The van der Waals surface area contributed by atoms with E-state index >= 15 is 0 Å². The average Bonchev–Trinajstić information content (AvgIpc) is 3.46. The minimum Gasteiger partial charge on any atom is -0.497 e. The van der Waals surface area contributed by atoms with Crippen LogP contribution in [0.2, 0.25) is 0 Å². The summed E-state index contributed by atoms with van der Waals surface area (Å²) < 4.78 is 12.6. The average molecular weight is 522 g/mol. The molecule has 4 aromatic rings. The predicted octanol–water partition coefficient (Wildman–Crippen LogP) is 4.91. The van der Waals surface area contributed by atoms with Gasteiger partial charge in [-0.3, -0.25) is 9.59 Å². The molecule has 0 amide bonds. The first-order valence-electron chi connectivity index (χ1n) is 13.2. The number of Topliss-reactive ketones (excluding diaryl/α,β-unsaturated/α-hetero) is 2. The van der Waals surface area contributed by atoms with Gasteiger partial charge < -0.3 is 14.4 Å². The third-order valence-corrected chi connectivity index (χ3v) is 8.12. The van der Waals surface area contributed by atoms with Crippen LogP contribution in [0.5, 0.6) is 11.5 Å². The normalized spacial score (nSPS) is 18.2.